The van der Waals surface area contributed by atoms with E-state index in [1.54, 1.807) is 0 Å². The summed E-state index contributed by atoms with van der Waals surface area (Å²) in [5.41, 5.74) is 6.00. The first kappa shape index (κ1) is 12.9. The number of hydrogen-bond acceptors (Lipinski definition) is 3. The fourth-order valence-electron chi connectivity index (χ4n) is 4.66. The molecule has 2 saturated carbocycles. The van der Waals surface area contributed by atoms with Crippen molar-refractivity contribution in [3.05, 3.63) is 0 Å². The molecule has 3 nitrogen and oxygen atoms in total. The van der Waals surface area contributed by atoms with E-state index in [9.17, 15) is 5.11 Å². The van der Waals surface area contributed by atoms with Crippen molar-refractivity contribution in [1.29, 1.82) is 0 Å². The third-order valence-electron chi connectivity index (χ3n) is 5.74. The molecule has 3 heteroatoms. The molecule has 0 amide bonds. The number of aliphatic hydroxyl groups is 1. The van der Waals surface area contributed by atoms with E-state index in [-0.39, 0.29) is 6.10 Å². The molecule has 1 saturated heterocycles. The van der Waals surface area contributed by atoms with Gasteiger partial charge in [-0.1, -0.05) is 19.3 Å². The first-order chi connectivity index (χ1) is 8.79. The Bertz CT molecular complexity index is 284. The lowest BCUT2D eigenvalue weighted by atomic mass is 9.93. The highest BCUT2D eigenvalue weighted by Gasteiger charge is 2.44. The van der Waals surface area contributed by atoms with Crippen molar-refractivity contribution < 1.29 is 5.11 Å². The average Bonchev–Trinajstić information content (AvgIpc) is 2.84. The van der Waals surface area contributed by atoms with Crippen molar-refractivity contribution in [1.82, 2.24) is 4.90 Å². The molecule has 2 aliphatic carbocycles. The van der Waals surface area contributed by atoms with Gasteiger partial charge in [-0.25, -0.2) is 0 Å². The summed E-state index contributed by atoms with van der Waals surface area (Å²) in [6.07, 6.45) is 9.01. The van der Waals surface area contributed by atoms with Crippen LogP contribution in [0.5, 0.6) is 0 Å². The van der Waals surface area contributed by atoms with Crippen LogP contribution in [0.4, 0.5) is 0 Å². The molecule has 5 atom stereocenters. The van der Waals surface area contributed by atoms with Crippen molar-refractivity contribution in [3.63, 3.8) is 0 Å². The van der Waals surface area contributed by atoms with Gasteiger partial charge in [0.1, 0.15) is 0 Å². The van der Waals surface area contributed by atoms with Crippen molar-refractivity contribution in [2.24, 2.45) is 23.5 Å². The highest BCUT2D eigenvalue weighted by atomic mass is 16.3. The maximum atomic E-state index is 10.0. The minimum atomic E-state index is -0.0258. The molecule has 1 heterocycles. The Kier molecular flexibility index (Phi) is 3.92. The Labute approximate surface area is 111 Å². The molecular formula is C15H28N2O. The minimum Gasteiger partial charge on any atom is -0.393 e. The van der Waals surface area contributed by atoms with Gasteiger partial charge < -0.3 is 10.8 Å². The summed E-state index contributed by atoms with van der Waals surface area (Å²) in [4.78, 5) is 2.68. The van der Waals surface area contributed by atoms with Gasteiger partial charge in [0, 0.05) is 25.0 Å². The number of rotatable bonds is 2. The zero-order valence-corrected chi connectivity index (χ0v) is 11.4. The molecule has 0 spiro atoms. The fraction of sp³-hybridized carbons (Fsp3) is 1.00. The second kappa shape index (κ2) is 5.48. The van der Waals surface area contributed by atoms with E-state index in [4.69, 9.17) is 5.73 Å². The zero-order valence-electron chi connectivity index (χ0n) is 11.4. The van der Waals surface area contributed by atoms with Gasteiger partial charge in [-0.05, 0) is 44.1 Å². The summed E-state index contributed by atoms with van der Waals surface area (Å²) in [6.45, 7) is 3.20. The van der Waals surface area contributed by atoms with Crippen LogP contribution in [-0.2, 0) is 0 Å². The van der Waals surface area contributed by atoms with Gasteiger partial charge in [0.15, 0.2) is 0 Å². The summed E-state index contributed by atoms with van der Waals surface area (Å²) in [5.74, 6) is 2.02. The quantitative estimate of drug-likeness (QED) is 0.734. The van der Waals surface area contributed by atoms with Gasteiger partial charge in [0.05, 0.1) is 6.10 Å². The van der Waals surface area contributed by atoms with Crippen molar-refractivity contribution >= 4 is 0 Å². The van der Waals surface area contributed by atoms with Crippen LogP contribution in [0, 0.1) is 17.8 Å². The number of fused-ring (bicyclic) bond motifs is 1. The Morgan fingerprint density at radius 2 is 1.83 bits per heavy atom. The van der Waals surface area contributed by atoms with Gasteiger partial charge in [-0.2, -0.15) is 0 Å². The van der Waals surface area contributed by atoms with Crippen LogP contribution in [0.15, 0.2) is 0 Å². The summed E-state index contributed by atoms with van der Waals surface area (Å²) >= 11 is 0. The number of aliphatic hydroxyl groups excluding tert-OH is 1. The lowest BCUT2D eigenvalue weighted by Crippen LogP contribution is -2.42. The van der Waals surface area contributed by atoms with Crippen molar-refractivity contribution in [2.75, 3.05) is 19.6 Å². The van der Waals surface area contributed by atoms with Crippen LogP contribution >= 0.6 is 0 Å². The highest BCUT2D eigenvalue weighted by Crippen LogP contribution is 2.41. The van der Waals surface area contributed by atoms with E-state index in [0.717, 1.165) is 25.4 Å². The lowest BCUT2D eigenvalue weighted by Gasteiger charge is -2.33. The van der Waals surface area contributed by atoms with Crippen LogP contribution in [0.2, 0.25) is 0 Å². The molecule has 5 unspecified atom stereocenters. The molecule has 3 rings (SSSR count). The maximum absolute atomic E-state index is 10.0. The van der Waals surface area contributed by atoms with Gasteiger partial charge in [0.25, 0.3) is 0 Å². The molecule has 1 aliphatic heterocycles. The van der Waals surface area contributed by atoms with Gasteiger partial charge in [0.2, 0.25) is 0 Å². The molecule has 3 aliphatic rings. The zero-order chi connectivity index (χ0) is 12.5. The normalized spacial score (nSPS) is 46.0. The topological polar surface area (TPSA) is 49.5 Å². The van der Waals surface area contributed by atoms with Gasteiger partial charge in [-0.15, -0.1) is 0 Å². The number of hydrogen-bond donors (Lipinski definition) is 2. The monoisotopic (exact) mass is 252 g/mol. The Hall–Kier alpha value is -0.120. The molecule has 0 aromatic heterocycles. The van der Waals surface area contributed by atoms with E-state index in [2.05, 4.69) is 4.90 Å². The molecular weight excluding hydrogens is 224 g/mol. The largest absolute Gasteiger partial charge is 0.393 e. The van der Waals surface area contributed by atoms with Gasteiger partial charge >= 0.3 is 0 Å². The molecule has 3 N–H and O–H groups in total. The molecule has 0 aromatic carbocycles. The summed E-state index contributed by atoms with van der Waals surface area (Å²) in [6, 6.07) is 0.704. The lowest BCUT2D eigenvalue weighted by molar-refractivity contribution is 0.106. The third kappa shape index (κ3) is 2.33. The highest BCUT2D eigenvalue weighted by molar-refractivity contribution is 4.97. The minimum absolute atomic E-state index is 0.0258. The number of nitrogens with zero attached hydrogens (tertiary/aromatic N) is 1. The van der Waals surface area contributed by atoms with E-state index >= 15 is 0 Å². The van der Waals surface area contributed by atoms with E-state index in [1.165, 1.54) is 45.1 Å². The van der Waals surface area contributed by atoms with E-state index < -0.39 is 0 Å². The number of nitrogens with two attached hydrogens (primary N) is 1. The standard InChI is InChI=1S/C15H28N2O/c16-8-11-4-2-1-3-5-14(11)17-9-12-6-7-15(18)13(12)10-17/h11-15,18H,1-10,16H2. The van der Waals surface area contributed by atoms with Crippen molar-refractivity contribution in [3.8, 4) is 0 Å². The van der Waals surface area contributed by atoms with Crippen LogP contribution in [-0.4, -0.2) is 41.8 Å². The van der Waals surface area contributed by atoms with Crippen LogP contribution in [0.25, 0.3) is 0 Å². The smallest absolute Gasteiger partial charge is 0.0583 e. The molecule has 0 radical (unpaired) electrons. The fourth-order valence-corrected chi connectivity index (χ4v) is 4.66. The second-order valence-corrected chi connectivity index (χ2v) is 6.72. The molecule has 0 aromatic rings. The van der Waals surface area contributed by atoms with Gasteiger partial charge in [-0.3, -0.25) is 4.90 Å². The number of likely N-dealkylation sites (tertiary alicyclic amines) is 1. The van der Waals surface area contributed by atoms with Crippen LogP contribution in [0.1, 0.15) is 44.9 Å². The molecule has 18 heavy (non-hydrogen) atoms. The summed E-state index contributed by atoms with van der Waals surface area (Å²) in [7, 11) is 0. The maximum Gasteiger partial charge on any atom is 0.0583 e. The van der Waals surface area contributed by atoms with Crippen molar-refractivity contribution in [2.45, 2.75) is 57.1 Å². The first-order valence-corrected chi connectivity index (χ1v) is 7.91. The predicted octanol–water partition coefficient (Wildman–Crippen LogP) is 1.60. The Morgan fingerprint density at radius 3 is 2.61 bits per heavy atom. The van der Waals surface area contributed by atoms with E-state index in [1.807, 2.05) is 0 Å². The van der Waals surface area contributed by atoms with Crippen LogP contribution in [0.3, 0.4) is 0 Å². The molecule has 104 valence electrons. The Balaban J connectivity index is 1.66. The SMILES string of the molecule is NCC1CCCCCC1N1CC2CCC(O)C2C1. The van der Waals surface area contributed by atoms with Crippen LogP contribution < -0.4 is 5.73 Å². The summed E-state index contributed by atoms with van der Waals surface area (Å²) in [5, 5.41) is 10.0. The average molecular weight is 252 g/mol. The first-order valence-electron chi connectivity index (χ1n) is 7.91. The third-order valence-corrected chi connectivity index (χ3v) is 5.74. The molecule has 0 bridgehead atoms. The Morgan fingerprint density at radius 1 is 1.00 bits per heavy atom. The molecule has 3 fully saturated rings. The second-order valence-electron chi connectivity index (χ2n) is 6.72. The van der Waals surface area contributed by atoms with E-state index in [0.29, 0.717) is 17.9 Å². The summed E-state index contributed by atoms with van der Waals surface area (Å²) < 4.78 is 0. The predicted molar refractivity (Wildman–Crippen MR) is 73.2 cm³/mol.